The fourth-order valence-electron chi connectivity index (χ4n) is 1.60. The number of nitrogens with zero attached hydrogens (tertiary/aromatic N) is 1. The first-order valence-electron chi connectivity index (χ1n) is 6.99. The molecule has 1 aromatic rings. The summed E-state index contributed by atoms with van der Waals surface area (Å²) in [5, 5.41) is 4.74. The van der Waals surface area contributed by atoms with Crippen LogP contribution in [0.1, 0.15) is 39.5 Å². The molecule has 0 unspecified atom stereocenters. The number of hydrogen-bond donors (Lipinski definition) is 1. The fourth-order valence-corrected chi connectivity index (χ4v) is 2.40. The molecule has 0 aliphatic heterocycles. The van der Waals surface area contributed by atoms with E-state index < -0.39 is 0 Å². The van der Waals surface area contributed by atoms with Crippen LogP contribution < -0.4 is 10.2 Å². The van der Waals surface area contributed by atoms with Crippen LogP contribution in [-0.2, 0) is 4.79 Å². The minimum atomic E-state index is -0.278. The van der Waals surface area contributed by atoms with E-state index in [0.29, 0.717) is 15.2 Å². The number of rotatable bonds is 8. The molecule has 0 saturated heterocycles. The second kappa shape index (κ2) is 9.79. The molecular weight excluding hydrogens is 356 g/mol. The van der Waals surface area contributed by atoms with Crippen LogP contribution in [0.4, 0.5) is 0 Å². The summed E-state index contributed by atoms with van der Waals surface area (Å²) in [4.78, 5) is 11.7. The molecule has 116 valence electrons. The van der Waals surface area contributed by atoms with Gasteiger partial charge in [0.25, 0.3) is 5.91 Å². The first-order valence-corrected chi connectivity index (χ1v) is 8.16. The topological polar surface area (TPSA) is 50.7 Å². The second-order valence-electron chi connectivity index (χ2n) is 4.53. The molecule has 21 heavy (non-hydrogen) atoms. The summed E-state index contributed by atoms with van der Waals surface area (Å²) in [6.07, 6.45) is 3.94. The molecule has 0 aliphatic rings. The van der Waals surface area contributed by atoms with Crippen molar-refractivity contribution in [2.45, 2.75) is 39.5 Å². The zero-order chi connectivity index (χ0) is 15.7. The van der Waals surface area contributed by atoms with Crippen LogP contribution in [0.5, 0.6) is 5.75 Å². The van der Waals surface area contributed by atoms with Gasteiger partial charge in [-0.25, -0.2) is 5.43 Å². The molecule has 0 aromatic heterocycles. The Kier molecular flexibility index (Phi) is 8.38. The molecule has 6 heteroatoms. The predicted molar refractivity (Wildman–Crippen MR) is 90.0 cm³/mol. The van der Waals surface area contributed by atoms with Crippen LogP contribution in [0.25, 0.3) is 0 Å². The number of amides is 1. The molecule has 0 atom stereocenters. The van der Waals surface area contributed by atoms with Crippen LogP contribution in [-0.4, -0.2) is 18.2 Å². The van der Waals surface area contributed by atoms with Crippen LogP contribution in [0.2, 0.25) is 5.02 Å². The van der Waals surface area contributed by atoms with Gasteiger partial charge in [0, 0.05) is 10.7 Å². The number of hydrazone groups is 1. The quantitative estimate of drug-likeness (QED) is 0.535. The van der Waals surface area contributed by atoms with Crippen molar-refractivity contribution in [2.75, 3.05) is 6.61 Å². The highest BCUT2D eigenvalue weighted by atomic mass is 79.9. The Bertz CT molecular complexity index is 506. The monoisotopic (exact) mass is 374 g/mol. The maximum absolute atomic E-state index is 11.7. The second-order valence-corrected chi connectivity index (χ2v) is 5.82. The lowest BCUT2D eigenvalue weighted by Gasteiger charge is -2.08. The van der Waals surface area contributed by atoms with Gasteiger partial charge in [-0.2, -0.15) is 5.10 Å². The van der Waals surface area contributed by atoms with E-state index in [-0.39, 0.29) is 12.5 Å². The van der Waals surface area contributed by atoms with Crippen molar-refractivity contribution in [3.8, 4) is 5.75 Å². The normalized spacial score (nSPS) is 11.3. The van der Waals surface area contributed by atoms with Gasteiger partial charge in [0.15, 0.2) is 6.61 Å². The number of ether oxygens (including phenoxy) is 1. The molecule has 1 aromatic carbocycles. The van der Waals surface area contributed by atoms with Gasteiger partial charge in [-0.3, -0.25) is 4.79 Å². The van der Waals surface area contributed by atoms with Crippen LogP contribution in [0, 0.1) is 0 Å². The maximum Gasteiger partial charge on any atom is 0.277 e. The Morgan fingerprint density at radius 3 is 2.81 bits per heavy atom. The summed E-state index contributed by atoms with van der Waals surface area (Å²) in [5.41, 5.74) is 3.52. The van der Waals surface area contributed by atoms with Crippen molar-refractivity contribution < 1.29 is 9.53 Å². The fraction of sp³-hybridized carbons (Fsp3) is 0.467. The van der Waals surface area contributed by atoms with E-state index in [2.05, 4.69) is 33.4 Å². The number of carbonyl (C=O) groups is 1. The Morgan fingerprint density at radius 1 is 1.43 bits per heavy atom. The molecular formula is C15H20BrClN2O2. The van der Waals surface area contributed by atoms with Gasteiger partial charge in [0.1, 0.15) is 5.75 Å². The first-order chi connectivity index (χ1) is 10.1. The number of benzene rings is 1. The van der Waals surface area contributed by atoms with Crippen molar-refractivity contribution >= 4 is 39.1 Å². The lowest BCUT2D eigenvalue weighted by atomic mass is 10.1. The van der Waals surface area contributed by atoms with Crippen LogP contribution >= 0.6 is 27.5 Å². The first kappa shape index (κ1) is 18.0. The minimum Gasteiger partial charge on any atom is -0.483 e. The van der Waals surface area contributed by atoms with Crippen molar-refractivity contribution in [2.24, 2.45) is 5.10 Å². The summed E-state index contributed by atoms with van der Waals surface area (Å²) < 4.78 is 6.13. The van der Waals surface area contributed by atoms with E-state index in [1.807, 2.05) is 6.92 Å². The zero-order valence-corrected chi connectivity index (χ0v) is 14.6. The van der Waals surface area contributed by atoms with Gasteiger partial charge in [-0.1, -0.05) is 31.9 Å². The zero-order valence-electron chi connectivity index (χ0n) is 12.3. The highest BCUT2D eigenvalue weighted by Crippen LogP contribution is 2.27. The number of carbonyl (C=O) groups excluding carboxylic acids is 1. The third-order valence-corrected chi connectivity index (χ3v) is 3.67. The summed E-state index contributed by atoms with van der Waals surface area (Å²) in [7, 11) is 0. The summed E-state index contributed by atoms with van der Waals surface area (Å²) in [6, 6.07) is 5.13. The third-order valence-electron chi connectivity index (χ3n) is 2.82. The van der Waals surface area contributed by atoms with Gasteiger partial charge in [0.2, 0.25) is 0 Å². The molecule has 4 nitrogen and oxygen atoms in total. The molecule has 0 radical (unpaired) electrons. The van der Waals surface area contributed by atoms with Gasteiger partial charge in [0.05, 0.1) is 4.47 Å². The molecule has 0 spiro atoms. The largest absolute Gasteiger partial charge is 0.483 e. The van der Waals surface area contributed by atoms with E-state index in [1.54, 1.807) is 18.2 Å². The highest BCUT2D eigenvalue weighted by molar-refractivity contribution is 9.10. The predicted octanol–water partition coefficient (Wildman–Crippen LogP) is 4.55. The smallest absolute Gasteiger partial charge is 0.277 e. The van der Waals surface area contributed by atoms with E-state index in [0.717, 1.165) is 31.4 Å². The lowest BCUT2D eigenvalue weighted by Crippen LogP contribution is -2.25. The Hall–Kier alpha value is -1.07. The van der Waals surface area contributed by atoms with Crippen molar-refractivity contribution in [3.63, 3.8) is 0 Å². The Morgan fingerprint density at radius 2 is 2.19 bits per heavy atom. The molecule has 0 saturated carbocycles. The SMILES string of the molecule is CCCC/C(CC)=N/NC(=O)COc1ccc(Cl)cc1Br. The summed E-state index contributed by atoms with van der Waals surface area (Å²) in [6.45, 7) is 4.07. The van der Waals surface area contributed by atoms with E-state index in [4.69, 9.17) is 16.3 Å². The van der Waals surface area contributed by atoms with Gasteiger partial charge in [-0.05, 0) is 53.4 Å². The third kappa shape index (κ3) is 6.96. The summed E-state index contributed by atoms with van der Waals surface area (Å²) >= 11 is 9.17. The Labute approximate surface area is 139 Å². The maximum atomic E-state index is 11.7. The van der Waals surface area contributed by atoms with Crippen molar-refractivity contribution in [1.82, 2.24) is 5.43 Å². The van der Waals surface area contributed by atoms with Gasteiger partial charge >= 0.3 is 0 Å². The molecule has 0 aliphatic carbocycles. The number of unbranched alkanes of at least 4 members (excludes halogenated alkanes) is 1. The standard InChI is InChI=1S/C15H20BrClN2O2/c1-3-5-6-12(4-2)18-19-15(20)10-21-14-8-7-11(17)9-13(14)16/h7-9H,3-6,10H2,1-2H3,(H,19,20)/b18-12+. The van der Waals surface area contributed by atoms with E-state index in [9.17, 15) is 4.79 Å². The molecule has 1 N–H and O–H groups in total. The Balaban J connectivity index is 2.44. The van der Waals surface area contributed by atoms with E-state index in [1.165, 1.54) is 0 Å². The van der Waals surface area contributed by atoms with Crippen molar-refractivity contribution in [3.05, 3.63) is 27.7 Å². The van der Waals surface area contributed by atoms with Crippen LogP contribution in [0.15, 0.2) is 27.8 Å². The minimum absolute atomic E-state index is 0.0888. The molecule has 1 amide bonds. The number of nitrogens with one attached hydrogen (secondary N) is 1. The average Bonchev–Trinajstić information content (AvgIpc) is 2.46. The molecule has 0 heterocycles. The highest BCUT2D eigenvalue weighted by Gasteiger charge is 2.06. The van der Waals surface area contributed by atoms with Crippen LogP contribution in [0.3, 0.4) is 0 Å². The number of halogens is 2. The molecule has 0 fully saturated rings. The number of hydrogen-bond acceptors (Lipinski definition) is 3. The van der Waals surface area contributed by atoms with Gasteiger partial charge < -0.3 is 4.74 Å². The summed E-state index contributed by atoms with van der Waals surface area (Å²) in [5.74, 6) is 0.291. The molecule has 0 bridgehead atoms. The lowest BCUT2D eigenvalue weighted by molar-refractivity contribution is -0.123. The average molecular weight is 376 g/mol. The van der Waals surface area contributed by atoms with E-state index >= 15 is 0 Å². The van der Waals surface area contributed by atoms with Gasteiger partial charge in [-0.15, -0.1) is 0 Å². The molecule has 1 rings (SSSR count). The van der Waals surface area contributed by atoms with Crippen molar-refractivity contribution in [1.29, 1.82) is 0 Å².